The number of carbonyl (C=O) groups excluding carboxylic acids is 1. The summed E-state index contributed by atoms with van der Waals surface area (Å²) < 4.78 is 0. The molecule has 2 rings (SSSR count). The second-order valence-electron chi connectivity index (χ2n) is 6.26. The predicted molar refractivity (Wildman–Crippen MR) is 85.2 cm³/mol. The number of carbonyl (C=O) groups is 1. The Bertz CT molecular complexity index is 490. The maximum Gasteiger partial charge on any atom is 0.251 e. The van der Waals surface area contributed by atoms with Crippen LogP contribution in [0, 0.1) is 0 Å². The van der Waals surface area contributed by atoms with Gasteiger partial charge in [0.05, 0.1) is 0 Å². The highest BCUT2D eigenvalue weighted by Crippen LogP contribution is 2.25. The molecule has 1 fully saturated rings. The number of hydrogen-bond acceptors (Lipinski definition) is 4. The summed E-state index contributed by atoms with van der Waals surface area (Å²) in [6, 6.07) is 3.49. The van der Waals surface area contributed by atoms with Gasteiger partial charge in [-0.25, -0.2) is 4.98 Å². The minimum absolute atomic E-state index is 0.0582. The molecule has 0 saturated carbocycles. The monoisotopic (exact) mass is 293 g/mol. The highest BCUT2D eigenvalue weighted by atomic mass is 32.2. The number of thioether (sulfide) groups is 1. The highest BCUT2D eigenvalue weighted by Gasteiger charge is 2.20. The number of anilines is 1. The van der Waals surface area contributed by atoms with Crippen molar-refractivity contribution in [3.05, 3.63) is 23.4 Å². The van der Waals surface area contributed by atoms with Crippen molar-refractivity contribution in [1.29, 1.82) is 0 Å². The highest BCUT2D eigenvalue weighted by molar-refractivity contribution is 8.00. The standard InChI is InChI=1S/C15H23N3OS/c1-15(2,3)12-7-10(8-13(16)18-12)14(19)17-9-11-5-4-6-20-11/h7-8,11H,4-6,9H2,1-3H3,(H2,16,18)(H,17,19). The number of aromatic nitrogens is 1. The van der Waals surface area contributed by atoms with Gasteiger partial charge < -0.3 is 11.1 Å². The van der Waals surface area contributed by atoms with Crippen LogP contribution < -0.4 is 11.1 Å². The lowest BCUT2D eigenvalue weighted by atomic mass is 9.90. The molecule has 0 radical (unpaired) electrons. The van der Waals surface area contributed by atoms with E-state index in [2.05, 4.69) is 31.1 Å². The number of nitrogens with one attached hydrogen (secondary N) is 1. The molecule has 4 nitrogen and oxygen atoms in total. The van der Waals surface area contributed by atoms with Crippen molar-refractivity contribution in [2.75, 3.05) is 18.0 Å². The number of amides is 1. The third kappa shape index (κ3) is 3.88. The summed E-state index contributed by atoms with van der Waals surface area (Å²) in [4.78, 5) is 16.5. The number of rotatable bonds is 3. The average molecular weight is 293 g/mol. The molecule has 1 saturated heterocycles. The molecule has 3 N–H and O–H groups in total. The molecular weight excluding hydrogens is 270 g/mol. The fraction of sp³-hybridized carbons (Fsp3) is 0.600. The summed E-state index contributed by atoms with van der Waals surface area (Å²) in [7, 11) is 0. The number of nitrogens with two attached hydrogens (primary N) is 1. The van der Waals surface area contributed by atoms with Crippen LogP contribution in [0.3, 0.4) is 0 Å². The Morgan fingerprint density at radius 1 is 1.50 bits per heavy atom. The zero-order chi connectivity index (χ0) is 14.8. The quantitative estimate of drug-likeness (QED) is 0.899. The molecule has 0 aliphatic carbocycles. The molecule has 1 aromatic rings. The summed E-state index contributed by atoms with van der Waals surface area (Å²) in [5.41, 5.74) is 7.15. The molecule has 1 aliphatic rings. The fourth-order valence-electron chi connectivity index (χ4n) is 2.18. The van der Waals surface area contributed by atoms with Crippen LogP contribution in [0.4, 0.5) is 5.82 Å². The SMILES string of the molecule is CC(C)(C)c1cc(C(=O)NCC2CCCS2)cc(N)n1. The second-order valence-corrected chi connectivity index (χ2v) is 7.67. The van der Waals surface area contributed by atoms with E-state index in [1.807, 2.05) is 17.8 Å². The lowest BCUT2D eigenvalue weighted by Crippen LogP contribution is -2.30. The molecule has 5 heteroatoms. The van der Waals surface area contributed by atoms with E-state index in [1.165, 1.54) is 18.6 Å². The zero-order valence-corrected chi connectivity index (χ0v) is 13.2. The fourth-order valence-corrected chi connectivity index (χ4v) is 3.38. The van der Waals surface area contributed by atoms with Crippen LogP contribution in [0.25, 0.3) is 0 Å². The van der Waals surface area contributed by atoms with Crippen molar-refractivity contribution in [1.82, 2.24) is 10.3 Å². The van der Waals surface area contributed by atoms with Gasteiger partial charge in [-0.3, -0.25) is 4.79 Å². The van der Waals surface area contributed by atoms with Crippen LogP contribution in [0.2, 0.25) is 0 Å². The van der Waals surface area contributed by atoms with Gasteiger partial charge in [-0.2, -0.15) is 11.8 Å². The number of pyridine rings is 1. The molecule has 1 amide bonds. The normalized spacial score (nSPS) is 19.1. The van der Waals surface area contributed by atoms with E-state index in [-0.39, 0.29) is 11.3 Å². The second kappa shape index (κ2) is 6.04. The van der Waals surface area contributed by atoms with Crippen LogP contribution in [0.1, 0.15) is 49.7 Å². The van der Waals surface area contributed by atoms with Crippen LogP contribution in [-0.4, -0.2) is 28.4 Å². The third-order valence-corrected chi connectivity index (χ3v) is 4.79. The first-order valence-corrected chi connectivity index (χ1v) is 8.09. The van der Waals surface area contributed by atoms with Gasteiger partial charge in [0, 0.05) is 28.5 Å². The van der Waals surface area contributed by atoms with Crippen molar-refractivity contribution >= 4 is 23.5 Å². The Kier molecular flexibility index (Phi) is 4.58. The van der Waals surface area contributed by atoms with Gasteiger partial charge in [-0.05, 0) is 30.7 Å². The summed E-state index contributed by atoms with van der Waals surface area (Å²) in [6.45, 7) is 6.92. The van der Waals surface area contributed by atoms with Crippen molar-refractivity contribution in [2.45, 2.75) is 44.3 Å². The van der Waals surface area contributed by atoms with E-state index in [1.54, 1.807) is 6.07 Å². The maximum atomic E-state index is 12.2. The first kappa shape index (κ1) is 15.2. The van der Waals surface area contributed by atoms with E-state index >= 15 is 0 Å². The molecular formula is C15H23N3OS. The molecule has 110 valence electrons. The summed E-state index contributed by atoms with van der Waals surface area (Å²) in [5, 5.41) is 3.56. The minimum Gasteiger partial charge on any atom is -0.384 e. The Balaban J connectivity index is 2.07. The van der Waals surface area contributed by atoms with Crippen LogP contribution in [0.15, 0.2) is 12.1 Å². The Morgan fingerprint density at radius 3 is 2.85 bits per heavy atom. The van der Waals surface area contributed by atoms with Gasteiger partial charge in [-0.15, -0.1) is 0 Å². The lowest BCUT2D eigenvalue weighted by molar-refractivity contribution is 0.0953. The van der Waals surface area contributed by atoms with Gasteiger partial charge in [0.2, 0.25) is 0 Å². The molecule has 0 spiro atoms. The average Bonchev–Trinajstić information content (AvgIpc) is 2.87. The van der Waals surface area contributed by atoms with Crippen molar-refractivity contribution in [3.63, 3.8) is 0 Å². The molecule has 0 aromatic carbocycles. The van der Waals surface area contributed by atoms with E-state index in [4.69, 9.17) is 5.73 Å². The van der Waals surface area contributed by atoms with Gasteiger partial charge >= 0.3 is 0 Å². The van der Waals surface area contributed by atoms with Gasteiger partial charge in [0.15, 0.2) is 0 Å². The summed E-state index contributed by atoms with van der Waals surface area (Å²) in [5.74, 6) is 1.55. The van der Waals surface area contributed by atoms with E-state index < -0.39 is 0 Å². The first-order valence-electron chi connectivity index (χ1n) is 7.04. The zero-order valence-electron chi connectivity index (χ0n) is 12.4. The van der Waals surface area contributed by atoms with Crippen LogP contribution in [-0.2, 0) is 5.41 Å². The topological polar surface area (TPSA) is 68.0 Å². The molecule has 20 heavy (non-hydrogen) atoms. The first-order chi connectivity index (χ1) is 9.36. The predicted octanol–water partition coefficient (Wildman–Crippen LogP) is 2.59. The number of nitrogen functional groups attached to an aromatic ring is 1. The molecule has 1 aromatic heterocycles. The molecule has 0 bridgehead atoms. The molecule has 1 unspecified atom stereocenters. The smallest absolute Gasteiger partial charge is 0.251 e. The van der Waals surface area contributed by atoms with Crippen molar-refractivity contribution < 1.29 is 4.79 Å². The Labute approximate surface area is 124 Å². The van der Waals surface area contributed by atoms with Crippen LogP contribution in [0.5, 0.6) is 0 Å². The van der Waals surface area contributed by atoms with Gasteiger partial charge in [0.25, 0.3) is 5.91 Å². The minimum atomic E-state index is -0.119. The summed E-state index contributed by atoms with van der Waals surface area (Å²) >= 11 is 1.94. The van der Waals surface area contributed by atoms with E-state index in [0.29, 0.717) is 16.6 Å². The van der Waals surface area contributed by atoms with Gasteiger partial charge in [0.1, 0.15) is 5.82 Å². The molecule has 2 heterocycles. The van der Waals surface area contributed by atoms with E-state index in [0.717, 1.165) is 12.2 Å². The van der Waals surface area contributed by atoms with Gasteiger partial charge in [-0.1, -0.05) is 20.8 Å². The van der Waals surface area contributed by atoms with Crippen LogP contribution >= 0.6 is 11.8 Å². The van der Waals surface area contributed by atoms with E-state index in [9.17, 15) is 4.79 Å². The maximum absolute atomic E-state index is 12.2. The van der Waals surface area contributed by atoms with Crippen molar-refractivity contribution in [3.8, 4) is 0 Å². The molecule has 1 aliphatic heterocycles. The molecule has 1 atom stereocenters. The number of hydrogen-bond donors (Lipinski definition) is 2. The third-order valence-electron chi connectivity index (χ3n) is 3.39. The Morgan fingerprint density at radius 2 is 2.25 bits per heavy atom. The largest absolute Gasteiger partial charge is 0.384 e. The lowest BCUT2D eigenvalue weighted by Gasteiger charge is -2.19. The summed E-state index contributed by atoms with van der Waals surface area (Å²) in [6.07, 6.45) is 2.44. The Hall–Kier alpha value is -1.23. The number of nitrogens with zero attached hydrogens (tertiary/aromatic N) is 1. The van der Waals surface area contributed by atoms with Crippen molar-refractivity contribution in [2.24, 2.45) is 0 Å².